The fourth-order valence-electron chi connectivity index (χ4n) is 1.98. The number of rotatable bonds is 1. The molecule has 3 rings (SSSR count). The molecular weight excluding hydrogens is 192 g/mol. The van der Waals surface area contributed by atoms with E-state index in [9.17, 15) is 4.79 Å². The molecule has 0 bridgehead atoms. The molecule has 78 valence electrons. The Hall–Kier alpha value is -1.62. The number of amides is 1. The molecule has 5 heteroatoms. The molecule has 0 atom stereocenters. The molecule has 0 saturated carbocycles. The zero-order valence-electron chi connectivity index (χ0n) is 8.23. The van der Waals surface area contributed by atoms with Gasteiger partial charge >= 0.3 is 0 Å². The van der Waals surface area contributed by atoms with Crippen LogP contribution in [-0.4, -0.2) is 36.6 Å². The van der Waals surface area contributed by atoms with Crippen molar-refractivity contribution >= 4 is 17.3 Å². The molecule has 0 aliphatic carbocycles. The van der Waals surface area contributed by atoms with Crippen molar-refractivity contribution in [1.82, 2.24) is 10.3 Å². The van der Waals surface area contributed by atoms with Crippen molar-refractivity contribution in [3.05, 3.63) is 18.5 Å². The van der Waals surface area contributed by atoms with E-state index in [-0.39, 0.29) is 5.91 Å². The third-order valence-corrected chi connectivity index (χ3v) is 2.90. The summed E-state index contributed by atoms with van der Waals surface area (Å²) in [6.45, 7) is 2.35. The summed E-state index contributed by atoms with van der Waals surface area (Å²) in [6.07, 6.45) is 3.46. The van der Waals surface area contributed by atoms with E-state index in [4.69, 9.17) is 0 Å². The number of fused-ring (bicyclic) bond motifs is 1. The van der Waals surface area contributed by atoms with Crippen molar-refractivity contribution in [3.63, 3.8) is 0 Å². The summed E-state index contributed by atoms with van der Waals surface area (Å²) in [5, 5.41) is 6.04. The second kappa shape index (κ2) is 3.20. The van der Waals surface area contributed by atoms with Crippen molar-refractivity contribution in [2.45, 2.75) is 6.04 Å². The Balaban J connectivity index is 1.98. The molecule has 2 N–H and O–H groups in total. The highest BCUT2D eigenvalue weighted by Crippen LogP contribution is 2.30. The zero-order valence-corrected chi connectivity index (χ0v) is 8.23. The summed E-state index contributed by atoms with van der Waals surface area (Å²) in [5.41, 5.74) is 1.90. The van der Waals surface area contributed by atoms with Crippen LogP contribution >= 0.6 is 0 Å². The molecule has 0 spiro atoms. The summed E-state index contributed by atoms with van der Waals surface area (Å²) in [7, 11) is 0. The standard InChI is InChI=1S/C10H12N4O/c15-10-6-14(7-3-12-4-7)9-1-2-11-5-8(9)13-10/h1-2,5,7,12H,3-4,6H2,(H,13,15). The maximum Gasteiger partial charge on any atom is 0.244 e. The fraction of sp³-hybridized carbons (Fsp3) is 0.400. The van der Waals surface area contributed by atoms with Crippen LogP contribution in [0.1, 0.15) is 0 Å². The fourth-order valence-corrected chi connectivity index (χ4v) is 1.98. The van der Waals surface area contributed by atoms with E-state index in [0.717, 1.165) is 24.5 Å². The average molecular weight is 204 g/mol. The molecule has 0 unspecified atom stereocenters. The van der Waals surface area contributed by atoms with Crippen molar-refractivity contribution in [1.29, 1.82) is 0 Å². The van der Waals surface area contributed by atoms with Gasteiger partial charge in [-0.2, -0.15) is 0 Å². The van der Waals surface area contributed by atoms with Gasteiger partial charge in [-0.1, -0.05) is 0 Å². The molecule has 0 radical (unpaired) electrons. The van der Waals surface area contributed by atoms with Gasteiger partial charge in [-0.25, -0.2) is 0 Å². The predicted molar refractivity (Wildman–Crippen MR) is 56.9 cm³/mol. The quantitative estimate of drug-likeness (QED) is 0.666. The molecule has 5 nitrogen and oxygen atoms in total. The van der Waals surface area contributed by atoms with Crippen LogP contribution in [0, 0.1) is 0 Å². The van der Waals surface area contributed by atoms with Gasteiger partial charge in [0.25, 0.3) is 0 Å². The maximum atomic E-state index is 11.5. The van der Waals surface area contributed by atoms with Crippen LogP contribution < -0.4 is 15.5 Å². The van der Waals surface area contributed by atoms with Gasteiger partial charge < -0.3 is 15.5 Å². The summed E-state index contributed by atoms with van der Waals surface area (Å²) in [6, 6.07) is 2.39. The first-order chi connectivity index (χ1) is 7.34. The van der Waals surface area contributed by atoms with Gasteiger partial charge in [0.15, 0.2) is 0 Å². The van der Waals surface area contributed by atoms with E-state index >= 15 is 0 Å². The minimum absolute atomic E-state index is 0.0439. The van der Waals surface area contributed by atoms with Gasteiger partial charge in [0.2, 0.25) is 5.91 Å². The highest BCUT2D eigenvalue weighted by molar-refractivity contribution is 6.01. The minimum Gasteiger partial charge on any atom is -0.355 e. The van der Waals surface area contributed by atoms with Crippen molar-refractivity contribution < 1.29 is 4.79 Å². The summed E-state index contributed by atoms with van der Waals surface area (Å²) < 4.78 is 0. The predicted octanol–water partition coefficient (Wildman–Crippen LogP) is -0.188. The van der Waals surface area contributed by atoms with Gasteiger partial charge in [-0.05, 0) is 6.07 Å². The average Bonchev–Trinajstić information content (AvgIpc) is 2.14. The normalized spacial score (nSPS) is 20.5. The van der Waals surface area contributed by atoms with Crippen LogP contribution in [0.3, 0.4) is 0 Å². The van der Waals surface area contributed by atoms with Crippen LogP contribution in [0.25, 0.3) is 0 Å². The number of carbonyl (C=O) groups is 1. The Morgan fingerprint density at radius 3 is 3.07 bits per heavy atom. The Labute approximate surface area is 87.5 Å². The molecule has 0 aromatic carbocycles. The van der Waals surface area contributed by atoms with Crippen LogP contribution in [-0.2, 0) is 4.79 Å². The van der Waals surface area contributed by atoms with Crippen molar-refractivity contribution in [2.24, 2.45) is 0 Å². The molecular formula is C10H12N4O. The lowest BCUT2D eigenvalue weighted by Crippen LogP contribution is -2.60. The number of hydrogen-bond donors (Lipinski definition) is 2. The van der Waals surface area contributed by atoms with E-state index < -0.39 is 0 Å². The first kappa shape index (κ1) is 8.67. The number of anilines is 2. The lowest BCUT2D eigenvalue weighted by Gasteiger charge is -2.42. The lowest BCUT2D eigenvalue weighted by molar-refractivity contribution is -0.115. The van der Waals surface area contributed by atoms with Gasteiger partial charge in [0, 0.05) is 19.3 Å². The second-order valence-corrected chi connectivity index (χ2v) is 3.88. The first-order valence-electron chi connectivity index (χ1n) is 5.06. The van der Waals surface area contributed by atoms with E-state index in [1.165, 1.54) is 0 Å². The molecule has 1 saturated heterocycles. The van der Waals surface area contributed by atoms with Gasteiger partial charge in [0.05, 0.1) is 30.2 Å². The third kappa shape index (κ3) is 1.35. The maximum absolute atomic E-state index is 11.5. The summed E-state index contributed by atoms with van der Waals surface area (Å²) in [5.74, 6) is 0.0439. The van der Waals surface area contributed by atoms with Crippen LogP contribution in [0.15, 0.2) is 18.5 Å². The number of aromatic nitrogens is 1. The van der Waals surface area contributed by atoms with Crippen molar-refractivity contribution in [3.8, 4) is 0 Å². The third-order valence-electron chi connectivity index (χ3n) is 2.90. The number of hydrogen-bond acceptors (Lipinski definition) is 4. The summed E-state index contributed by atoms with van der Waals surface area (Å²) in [4.78, 5) is 17.6. The molecule has 2 aliphatic rings. The van der Waals surface area contributed by atoms with E-state index in [2.05, 4.69) is 20.5 Å². The summed E-state index contributed by atoms with van der Waals surface area (Å²) >= 11 is 0. The molecule has 1 amide bonds. The number of nitrogens with one attached hydrogen (secondary N) is 2. The Bertz CT molecular complexity index is 402. The monoisotopic (exact) mass is 204 g/mol. The Morgan fingerprint density at radius 2 is 2.33 bits per heavy atom. The van der Waals surface area contributed by atoms with Gasteiger partial charge in [-0.3, -0.25) is 9.78 Å². The van der Waals surface area contributed by atoms with Crippen molar-refractivity contribution in [2.75, 3.05) is 29.9 Å². The molecule has 1 aromatic rings. The van der Waals surface area contributed by atoms with E-state index in [0.29, 0.717) is 12.6 Å². The second-order valence-electron chi connectivity index (χ2n) is 3.88. The van der Waals surface area contributed by atoms with E-state index in [1.54, 1.807) is 12.4 Å². The van der Waals surface area contributed by atoms with Crippen LogP contribution in [0.4, 0.5) is 11.4 Å². The molecule has 15 heavy (non-hydrogen) atoms. The van der Waals surface area contributed by atoms with Gasteiger partial charge in [-0.15, -0.1) is 0 Å². The lowest BCUT2D eigenvalue weighted by atomic mass is 10.1. The topological polar surface area (TPSA) is 57.3 Å². The highest BCUT2D eigenvalue weighted by Gasteiger charge is 2.31. The van der Waals surface area contributed by atoms with Gasteiger partial charge in [0.1, 0.15) is 0 Å². The Kier molecular flexibility index (Phi) is 1.85. The van der Waals surface area contributed by atoms with Crippen LogP contribution in [0.2, 0.25) is 0 Å². The molecule has 2 aliphatic heterocycles. The smallest absolute Gasteiger partial charge is 0.244 e. The largest absolute Gasteiger partial charge is 0.355 e. The van der Waals surface area contributed by atoms with Crippen LogP contribution in [0.5, 0.6) is 0 Å². The number of nitrogens with zero attached hydrogens (tertiary/aromatic N) is 2. The zero-order chi connectivity index (χ0) is 10.3. The van der Waals surface area contributed by atoms with E-state index in [1.807, 2.05) is 6.07 Å². The first-order valence-corrected chi connectivity index (χ1v) is 5.06. The number of carbonyl (C=O) groups excluding carboxylic acids is 1. The molecule has 1 aromatic heterocycles. The molecule has 3 heterocycles. The Morgan fingerprint density at radius 1 is 1.47 bits per heavy atom. The molecule has 1 fully saturated rings. The minimum atomic E-state index is 0.0439. The SMILES string of the molecule is O=C1CN(C2CNC2)c2ccncc2N1. The highest BCUT2D eigenvalue weighted by atomic mass is 16.2. The number of pyridine rings is 1.